The van der Waals surface area contributed by atoms with Gasteiger partial charge in [0.1, 0.15) is 11.6 Å². The van der Waals surface area contributed by atoms with Gasteiger partial charge in [0.05, 0.1) is 21.3 Å². The van der Waals surface area contributed by atoms with Crippen molar-refractivity contribution in [2.75, 3.05) is 11.9 Å². The molecule has 0 spiro atoms. The molecule has 0 amide bonds. The van der Waals surface area contributed by atoms with Gasteiger partial charge >= 0.3 is 0 Å². The van der Waals surface area contributed by atoms with Gasteiger partial charge in [0, 0.05) is 6.20 Å². The predicted octanol–water partition coefficient (Wildman–Crippen LogP) is 4.90. The van der Waals surface area contributed by atoms with E-state index >= 15 is 0 Å². The van der Waals surface area contributed by atoms with Crippen LogP contribution >= 0.6 is 27.3 Å². The van der Waals surface area contributed by atoms with E-state index in [1.807, 2.05) is 38.1 Å². The molecule has 0 saturated heterocycles. The van der Waals surface area contributed by atoms with Crippen LogP contribution in [-0.2, 0) is 0 Å². The first-order valence-electron chi connectivity index (χ1n) is 6.59. The molecule has 0 fully saturated rings. The molecule has 0 bridgehead atoms. The van der Waals surface area contributed by atoms with E-state index in [9.17, 15) is 0 Å². The third kappa shape index (κ3) is 3.01. The van der Waals surface area contributed by atoms with Crippen LogP contribution < -0.4 is 10.1 Å². The quantitative estimate of drug-likeness (QED) is 0.715. The molecule has 0 radical (unpaired) electrons. The number of aryl methyl sites for hydroxylation is 1. The number of thiazole rings is 1. The smallest absolute Gasteiger partial charge is 0.189 e. The fraction of sp³-hybridized carbons (Fsp3) is 0.200. The molecular formula is C15H14BrN3OS. The van der Waals surface area contributed by atoms with Gasteiger partial charge in [0.25, 0.3) is 0 Å². The zero-order valence-corrected chi connectivity index (χ0v) is 14.1. The maximum Gasteiger partial charge on any atom is 0.189 e. The predicted molar refractivity (Wildman–Crippen MR) is 90.7 cm³/mol. The molecule has 0 aliphatic heterocycles. The largest absolute Gasteiger partial charge is 0.494 e. The molecule has 2 aromatic heterocycles. The summed E-state index contributed by atoms with van der Waals surface area (Å²) in [6, 6.07) is 7.89. The number of anilines is 2. The zero-order valence-electron chi connectivity index (χ0n) is 11.7. The summed E-state index contributed by atoms with van der Waals surface area (Å²) in [5.41, 5.74) is 2.09. The monoisotopic (exact) mass is 363 g/mol. The highest BCUT2D eigenvalue weighted by atomic mass is 79.9. The van der Waals surface area contributed by atoms with E-state index in [0.717, 1.165) is 37.0 Å². The van der Waals surface area contributed by atoms with Gasteiger partial charge in [-0.1, -0.05) is 11.3 Å². The molecule has 0 saturated carbocycles. The molecule has 6 heteroatoms. The van der Waals surface area contributed by atoms with Gasteiger partial charge in [0.15, 0.2) is 5.13 Å². The topological polar surface area (TPSA) is 47.0 Å². The number of halogens is 1. The molecule has 0 aliphatic rings. The standard InChI is InChI=1S/C15H14BrN3OS/c1-3-20-10-4-5-11-12(8-10)21-15(18-11)19-14-13(16)9(2)6-7-17-14/h4-8H,3H2,1-2H3,(H,17,18,19). The Morgan fingerprint density at radius 3 is 3.00 bits per heavy atom. The van der Waals surface area contributed by atoms with E-state index in [-0.39, 0.29) is 0 Å². The van der Waals surface area contributed by atoms with Crippen molar-refractivity contribution in [1.29, 1.82) is 0 Å². The molecule has 108 valence electrons. The number of hydrogen-bond acceptors (Lipinski definition) is 5. The van der Waals surface area contributed by atoms with Gasteiger partial charge in [0.2, 0.25) is 0 Å². The maximum atomic E-state index is 5.51. The second kappa shape index (κ2) is 5.99. The minimum atomic E-state index is 0.662. The Bertz CT molecular complexity index is 788. The Labute approximate surface area is 135 Å². The summed E-state index contributed by atoms with van der Waals surface area (Å²) in [5.74, 6) is 1.65. The Kier molecular flexibility index (Phi) is 4.07. The summed E-state index contributed by atoms with van der Waals surface area (Å²) in [6.07, 6.45) is 1.78. The molecule has 0 aliphatic carbocycles. The van der Waals surface area contributed by atoms with Crippen LogP contribution in [0.15, 0.2) is 34.9 Å². The molecule has 21 heavy (non-hydrogen) atoms. The number of aromatic nitrogens is 2. The van der Waals surface area contributed by atoms with Crippen molar-refractivity contribution in [3.05, 3.63) is 40.5 Å². The number of nitrogens with zero attached hydrogens (tertiary/aromatic N) is 2. The van der Waals surface area contributed by atoms with Crippen LogP contribution in [0.25, 0.3) is 10.2 Å². The normalized spacial score (nSPS) is 10.8. The highest BCUT2D eigenvalue weighted by Gasteiger charge is 2.09. The van der Waals surface area contributed by atoms with Crippen molar-refractivity contribution >= 4 is 48.4 Å². The van der Waals surface area contributed by atoms with Crippen LogP contribution in [0, 0.1) is 6.92 Å². The molecule has 1 aromatic carbocycles. The fourth-order valence-electron chi connectivity index (χ4n) is 1.94. The molecule has 3 aromatic rings. The van der Waals surface area contributed by atoms with E-state index in [0.29, 0.717) is 6.61 Å². The number of fused-ring (bicyclic) bond motifs is 1. The Balaban J connectivity index is 1.92. The van der Waals surface area contributed by atoms with Gasteiger partial charge < -0.3 is 10.1 Å². The zero-order chi connectivity index (χ0) is 14.8. The molecular weight excluding hydrogens is 350 g/mol. The second-order valence-electron chi connectivity index (χ2n) is 4.50. The maximum absolute atomic E-state index is 5.51. The lowest BCUT2D eigenvalue weighted by Gasteiger charge is -2.05. The average Bonchev–Trinajstić information content (AvgIpc) is 2.86. The van der Waals surface area contributed by atoms with Crippen LogP contribution in [0.4, 0.5) is 10.9 Å². The number of ether oxygens (including phenoxy) is 1. The van der Waals surface area contributed by atoms with Crippen LogP contribution in [0.5, 0.6) is 5.75 Å². The van der Waals surface area contributed by atoms with Crippen molar-refractivity contribution in [3.63, 3.8) is 0 Å². The van der Waals surface area contributed by atoms with E-state index in [2.05, 4.69) is 31.2 Å². The second-order valence-corrected chi connectivity index (χ2v) is 6.32. The van der Waals surface area contributed by atoms with Crippen LogP contribution in [0.3, 0.4) is 0 Å². The van der Waals surface area contributed by atoms with Crippen LogP contribution in [0.2, 0.25) is 0 Å². The lowest BCUT2D eigenvalue weighted by Crippen LogP contribution is -1.94. The molecule has 4 nitrogen and oxygen atoms in total. The van der Waals surface area contributed by atoms with E-state index in [1.54, 1.807) is 17.5 Å². The van der Waals surface area contributed by atoms with Crippen molar-refractivity contribution in [2.24, 2.45) is 0 Å². The minimum Gasteiger partial charge on any atom is -0.494 e. The van der Waals surface area contributed by atoms with Gasteiger partial charge in [-0.3, -0.25) is 0 Å². The first-order valence-corrected chi connectivity index (χ1v) is 8.20. The lowest BCUT2D eigenvalue weighted by molar-refractivity contribution is 0.341. The van der Waals surface area contributed by atoms with E-state index in [1.165, 1.54) is 0 Å². The van der Waals surface area contributed by atoms with Gasteiger partial charge in [-0.15, -0.1) is 0 Å². The fourth-order valence-corrected chi connectivity index (χ4v) is 3.17. The van der Waals surface area contributed by atoms with Crippen molar-refractivity contribution in [2.45, 2.75) is 13.8 Å². The summed E-state index contributed by atoms with van der Waals surface area (Å²) in [5, 5.41) is 4.08. The molecule has 2 heterocycles. The highest BCUT2D eigenvalue weighted by Crippen LogP contribution is 2.33. The molecule has 0 atom stereocenters. The number of nitrogens with one attached hydrogen (secondary N) is 1. The molecule has 1 N–H and O–H groups in total. The number of rotatable bonds is 4. The number of hydrogen-bond donors (Lipinski definition) is 1. The van der Waals surface area contributed by atoms with Crippen LogP contribution in [-0.4, -0.2) is 16.6 Å². The number of pyridine rings is 1. The van der Waals surface area contributed by atoms with Crippen molar-refractivity contribution < 1.29 is 4.74 Å². The summed E-state index contributed by atoms with van der Waals surface area (Å²) in [7, 11) is 0. The van der Waals surface area contributed by atoms with Gasteiger partial charge in [-0.25, -0.2) is 9.97 Å². The van der Waals surface area contributed by atoms with Gasteiger partial charge in [-0.05, 0) is 59.6 Å². The van der Waals surface area contributed by atoms with Crippen molar-refractivity contribution in [3.8, 4) is 5.75 Å². The summed E-state index contributed by atoms with van der Waals surface area (Å²) >= 11 is 5.13. The van der Waals surface area contributed by atoms with Crippen molar-refractivity contribution in [1.82, 2.24) is 9.97 Å². The summed E-state index contributed by atoms with van der Waals surface area (Å²) in [6.45, 7) is 4.67. The summed E-state index contributed by atoms with van der Waals surface area (Å²) < 4.78 is 7.56. The third-order valence-corrected chi connectivity index (χ3v) is 4.91. The highest BCUT2D eigenvalue weighted by molar-refractivity contribution is 9.10. The van der Waals surface area contributed by atoms with E-state index in [4.69, 9.17) is 4.74 Å². The Morgan fingerprint density at radius 1 is 1.33 bits per heavy atom. The Morgan fingerprint density at radius 2 is 2.19 bits per heavy atom. The number of benzene rings is 1. The molecule has 3 rings (SSSR count). The van der Waals surface area contributed by atoms with E-state index < -0.39 is 0 Å². The first-order chi connectivity index (χ1) is 10.2. The third-order valence-electron chi connectivity index (χ3n) is 2.98. The minimum absolute atomic E-state index is 0.662. The van der Waals surface area contributed by atoms with Gasteiger partial charge in [-0.2, -0.15) is 0 Å². The Hall–Kier alpha value is -1.66. The average molecular weight is 364 g/mol. The first kappa shape index (κ1) is 14.3. The molecule has 0 unspecified atom stereocenters. The van der Waals surface area contributed by atoms with Crippen LogP contribution in [0.1, 0.15) is 12.5 Å². The lowest BCUT2D eigenvalue weighted by atomic mass is 10.3. The summed E-state index contributed by atoms with van der Waals surface area (Å²) in [4.78, 5) is 8.91. The SMILES string of the molecule is CCOc1ccc2nc(Nc3nccc(C)c3Br)sc2c1.